The van der Waals surface area contributed by atoms with Crippen LogP contribution in [0.1, 0.15) is 10.6 Å². The Hall–Kier alpha value is -2.21. The lowest BCUT2D eigenvalue weighted by molar-refractivity contribution is 0.0652. The molecule has 2 aromatic heterocycles. The number of hydrogen-bond acceptors (Lipinski definition) is 5. The maximum atomic E-state index is 10.7. The van der Waals surface area contributed by atoms with Gasteiger partial charge in [-0.3, -0.25) is 0 Å². The molecule has 0 fully saturated rings. The fourth-order valence-electron chi connectivity index (χ4n) is 1.60. The Kier molecular flexibility index (Phi) is 2.15. The number of aromatic carboxylic acids is 1. The van der Waals surface area contributed by atoms with Crippen molar-refractivity contribution in [3.05, 3.63) is 36.2 Å². The quantitative estimate of drug-likeness (QED) is 0.752. The Morgan fingerprint density at radius 1 is 1.41 bits per heavy atom. The van der Waals surface area contributed by atoms with Gasteiger partial charge in [-0.1, -0.05) is 23.4 Å². The van der Waals surface area contributed by atoms with E-state index >= 15 is 0 Å². The molecular weight excluding hydrogens is 240 g/mol. The predicted molar refractivity (Wildman–Crippen MR) is 62.1 cm³/mol. The van der Waals surface area contributed by atoms with Gasteiger partial charge in [-0.2, -0.15) is 4.37 Å². The first-order valence-corrected chi connectivity index (χ1v) is 5.57. The molecule has 0 saturated heterocycles. The lowest BCUT2D eigenvalue weighted by atomic mass is 10.1. The van der Waals surface area contributed by atoms with Crippen molar-refractivity contribution in [1.82, 2.24) is 9.53 Å². The summed E-state index contributed by atoms with van der Waals surface area (Å²) < 4.78 is 9.81. The van der Waals surface area contributed by atoms with Crippen molar-refractivity contribution >= 4 is 27.6 Å². The molecule has 0 atom stereocenters. The number of benzene rings is 1. The van der Waals surface area contributed by atoms with Gasteiger partial charge in [0.1, 0.15) is 5.69 Å². The Morgan fingerprint density at radius 2 is 2.29 bits per heavy atom. The normalized spacial score (nSPS) is 10.8. The molecule has 0 unspecified atom stereocenters. The van der Waals surface area contributed by atoms with Crippen LogP contribution in [-0.4, -0.2) is 20.6 Å². The summed E-state index contributed by atoms with van der Waals surface area (Å²) in [5, 5.41) is 13.5. The molecule has 5 nitrogen and oxygen atoms in total. The molecule has 0 spiro atoms. The molecule has 0 aliphatic carbocycles. The van der Waals surface area contributed by atoms with Crippen LogP contribution in [0.4, 0.5) is 0 Å². The van der Waals surface area contributed by atoms with Crippen LogP contribution < -0.4 is 0 Å². The van der Waals surface area contributed by atoms with Crippen molar-refractivity contribution in [3.8, 4) is 11.3 Å². The van der Waals surface area contributed by atoms with E-state index in [0.29, 0.717) is 5.69 Å². The van der Waals surface area contributed by atoms with Crippen LogP contribution in [0.25, 0.3) is 21.3 Å². The van der Waals surface area contributed by atoms with Crippen LogP contribution in [0.2, 0.25) is 0 Å². The van der Waals surface area contributed by atoms with Crippen molar-refractivity contribution in [2.75, 3.05) is 0 Å². The van der Waals surface area contributed by atoms with E-state index in [1.165, 1.54) is 17.6 Å². The van der Waals surface area contributed by atoms with Gasteiger partial charge in [-0.05, 0) is 11.5 Å². The second-order valence-electron chi connectivity index (χ2n) is 3.43. The molecule has 1 aromatic carbocycles. The van der Waals surface area contributed by atoms with E-state index in [1.807, 2.05) is 18.2 Å². The predicted octanol–water partition coefficient (Wildman–Crippen LogP) is 2.65. The van der Waals surface area contributed by atoms with Gasteiger partial charge in [0, 0.05) is 23.2 Å². The van der Waals surface area contributed by atoms with Crippen LogP contribution in [0, 0.1) is 0 Å². The van der Waals surface area contributed by atoms with E-state index < -0.39 is 5.97 Å². The molecule has 2 heterocycles. The highest BCUT2D eigenvalue weighted by atomic mass is 32.1. The maximum absolute atomic E-state index is 10.7. The minimum atomic E-state index is -1.12. The number of hydrogen-bond donors (Lipinski definition) is 1. The largest absolute Gasteiger partial charge is 0.475 e. The monoisotopic (exact) mass is 246 g/mol. The Balaban J connectivity index is 2.19. The molecule has 1 N–H and O–H groups in total. The first kappa shape index (κ1) is 9.98. The zero-order chi connectivity index (χ0) is 11.8. The lowest BCUT2D eigenvalue weighted by Crippen LogP contribution is -1.91. The Bertz CT molecular complexity index is 701. The minimum absolute atomic E-state index is 0.165. The van der Waals surface area contributed by atoms with E-state index in [9.17, 15) is 4.79 Å². The van der Waals surface area contributed by atoms with Gasteiger partial charge in [0.15, 0.2) is 0 Å². The van der Waals surface area contributed by atoms with Gasteiger partial charge in [-0.15, -0.1) is 0 Å². The molecule has 17 heavy (non-hydrogen) atoms. The smallest absolute Gasteiger partial charge is 0.374 e. The van der Waals surface area contributed by atoms with Gasteiger partial charge >= 0.3 is 5.97 Å². The van der Waals surface area contributed by atoms with Crippen molar-refractivity contribution in [2.24, 2.45) is 0 Å². The zero-order valence-electron chi connectivity index (χ0n) is 8.45. The number of carboxylic acid groups (broad SMARTS) is 1. The van der Waals surface area contributed by atoms with E-state index in [0.717, 1.165) is 15.6 Å². The van der Waals surface area contributed by atoms with Gasteiger partial charge in [0.25, 0.3) is 0 Å². The number of rotatable bonds is 2. The summed E-state index contributed by atoms with van der Waals surface area (Å²) >= 11 is 1.35. The highest BCUT2D eigenvalue weighted by Gasteiger charge is 2.14. The van der Waals surface area contributed by atoms with Crippen molar-refractivity contribution in [3.63, 3.8) is 0 Å². The second-order valence-corrected chi connectivity index (χ2v) is 4.23. The number of carboxylic acids is 1. The highest BCUT2D eigenvalue weighted by molar-refractivity contribution is 7.13. The molecule has 0 aliphatic rings. The summed E-state index contributed by atoms with van der Waals surface area (Å²) in [5.74, 6) is -1.29. The molecule has 0 aliphatic heterocycles. The molecular formula is C11H6N2O3S. The SMILES string of the molecule is O=C(O)c1cc(-c2cccc3cnsc23)no1. The number of fused-ring (bicyclic) bond motifs is 1. The summed E-state index contributed by atoms with van der Waals surface area (Å²) in [4.78, 5) is 10.7. The number of carbonyl (C=O) groups is 1. The topological polar surface area (TPSA) is 76.2 Å². The standard InChI is InChI=1S/C11H6N2O3S/c14-11(15)9-4-8(13-16-9)7-3-1-2-6-5-12-17-10(6)7/h1-5H,(H,14,15). The first-order valence-electron chi connectivity index (χ1n) is 4.79. The molecule has 0 amide bonds. The van der Waals surface area contributed by atoms with E-state index in [4.69, 9.17) is 9.63 Å². The van der Waals surface area contributed by atoms with Gasteiger partial charge in [-0.25, -0.2) is 4.79 Å². The molecule has 0 radical (unpaired) electrons. The fourth-order valence-corrected chi connectivity index (χ4v) is 2.37. The van der Waals surface area contributed by atoms with Crippen molar-refractivity contribution < 1.29 is 14.4 Å². The summed E-state index contributed by atoms with van der Waals surface area (Å²) in [5.41, 5.74) is 1.35. The Morgan fingerprint density at radius 3 is 3.06 bits per heavy atom. The lowest BCUT2D eigenvalue weighted by Gasteiger charge is -1.95. The minimum Gasteiger partial charge on any atom is -0.475 e. The third-order valence-electron chi connectivity index (χ3n) is 2.38. The van der Waals surface area contributed by atoms with Gasteiger partial charge in [0.2, 0.25) is 5.76 Å². The van der Waals surface area contributed by atoms with E-state index in [2.05, 4.69) is 9.53 Å². The average Bonchev–Trinajstić information content (AvgIpc) is 2.97. The molecule has 0 saturated carbocycles. The fraction of sp³-hybridized carbons (Fsp3) is 0. The first-order chi connectivity index (χ1) is 8.25. The molecule has 84 valence electrons. The highest BCUT2D eigenvalue weighted by Crippen LogP contribution is 2.30. The molecule has 0 bridgehead atoms. The average molecular weight is 246 g/mol. The van der Waals surface area contributed by atoms with E-state index in [-0.39, 0.29) is 5.76 Å². The van der Waals surface area contributed by atoms with Crippen molar-refractivity contribution in [2.45, 2.75) is 0 Å². The van der Waals surface area contributed by atoms with Gasteiger partial charge in [0.05, 0.1) is 4.70 Å². The van der Waals surface area contributed by atoms with E-state index in [1.54, 1.807) is 6.20 Å². The van der Waals surface area contributed by atoms with Crippen LogP contribution in [0.3, 0.4) is 0 Å². The molecule has 6 heteroatoms. The second kappa shape index (κ2) is 3.67. The van der Waals surface area contributed by atoms with Crippen molar-refractivity contribution in [1.29, 1.82) is 0 Å². The van der Waals surface area contributed by atoms with Crippen LogP contribution in [0.5, 0.6) is 0 Å². The summed E-state index contributed by atoms with van der Waals surface area (Å²) in [7, 11) is 0. The van der Waals surface area contributed by atoms with Gasteiger partial charge < -0.3 is 9.63 Å². The molecule has 3 rings (SSSR count). The maximum Gasteiger partial charge on any atom is 0.374 e. The molecule has 3 aromatic rings. The third-order valence-corrected chi connectivity index (χ3v) is 3.23. The zero-order valence-corrected chi connectivity index (χ0v) is 9.27. The summed E-state index contributed by atoms with van der Waals surface area (Å²) in [6.07, 6.45) is 1.77. The third kappa shape index (κ3) is 1.58. The van der Waals surface area contributed by atoms with Crippen LogP contribution >= 0.6 is 11.5 Å². The summed E-state index contributed by atoms with van der Waals surface area (Å²) in [6, 6.07) is 7.10. The summed E-state index contributed by atoms with van der Waals surface area (Å²) in [6.45, 7) is 0. The van der Waals surface area contributed by atoms with Crippen LogP contribution in [0.15, 0.2) is 35.0 Å². The number of aromatic nitrogens is 2. The number of nitrogens with zero attached hydrogens (tertiary/aromatic N) is 2. The Labute approximate surface area is 99.5 Å². The van der Waals surface area contributed by atoms with Crippen LogP contribution in [-0.2, 0) is 0 Å².